The number of benzene rings is 1. The summed E-state index contributed by atoms with van der Waals surface area (Å²) in [6.07, 6.45) is 3.36. The summed E-state index contributed by atoms with van der Waals surface area (Å²) in [7, 11) is 0. The van der Waals surface area contributed by atoms with Crippen molar-refractivity contribution in [2.24, 2.45) is 0 Å². The van der Waals surface area contributed by atoms with Gasteiger partial charge in [0.05, 0.1) is 6.20 Å². The van der Waals surface area contributed by atoms with Crippen LogP contribution in [-0.4, -0.2) is 27.6 Å². The molecule has 0 atom stereocenters. The van der Waals surface area contributed by atoms with Crippen molar-refractivity contribution in [1.29, 1.82) is 0 Å². The molecule has 0 saturated carbocycles. The number of aromatic nitrogens is 1. The zero-order chi connectivity index (χ0) is 16.9. The van der Waals surface area contributed by atoms with Crippen molar-refractivity contribution in [3.63, 3.8) is 0 Å². The number of aliphatic carboxylic acids is 1. The van der Waals surface area contributed by atoms with E-state index >= 15 is 0 Å². The Morgan fingerprint density at radius 1 is 1.35 bits per heavy atom. The number of nitrogens with one attached hydrogen (secondary N) is 2. The standard InChI is InChI=1S/C16H19N3O4/c1-16(2,7-6-13(20)21)19-15(22)18-12-5-3-4-11(10-12)14-17-8-9-23-14/h3-5,8-10H,6-7H2,1-2H3,(H,20,21)(H2,18,19,22). The van der Waals surface area contributed by atoms with E-state index in [2.05, 4.69) is 15.6 Å². The van der Waals surface area contributed by atoms with Crippen LogP contribution in [0.5, 0.6) is 0 Å². The van der Waals surface area contributed by atoms with E-state index in [4.69, 9.17) is 9.52 Å². The van der Waals surface area contributed by atoms with Gasteiger partial charge in [-0.3, -0.25) is 4.79 Å². The van der Waals surface area contributed by atoms with E-state index in [9.17, 15) is 9.59 Å². The minimum atomic E-state index is -0.890. The van der Waals surface area contributed by atoms with Gasteiger partial charge in [-0.1, -0.05) is 6.07 Å². The van der Waals surface area contributed by atoms with Gasteiger partial charge in [-0.25, -0.2) is 9.78 Å². The zero-order valence-electron chi connectivity index (χ0n) is 13.0. The third-order valence-corrected chi connectivity index (χ3v) is 3.22. The lowest BCUT2D eigenvalue weighted by Gasteiger charge is -2.25. The Balaban J connectivity index is 1.98. The summed E-state index contributed by atoms with van der Waals surface area (Å²) < 4.78 is 5.22. The molecule has 0 fully saturated rings. The largest absolute Gasteiger partial charge is 0.481 e. The Bertz CT molecular complexity index is 680. The fourth-order valence-electron chi connectivity index (χ4n) is 2.05. The number of carbonyl (C=O) groups is 2. The van der Waals surface area contributed by atoms with Crippen LogP contribution in [0.3, 0.4) is 0 Å². The molecular weight excluding hydrogens is 298 g/mol. The Hall–Kier alpha value is -2.83. The summed E-state index contributed by atoms with van der Waals surface area (Å²) in [5, 5.41) is 14.2. The lowest BCUT2D eigenvalue weighted by atomic mass is 9.99. The molecule has 1 aromatic heterocycles. The van der Waals surface area contributed by atoms with Crippen LogP contribution < -0.4 is 10.6 Å². The highest BCUT2D eigenvalue weighted by Gasteiger charge is 2.21. The van der Waals surface area contributed by atoms with E-state index in [-0.39, 0.29) is 6.42 Å². The van der Waals surface area contributed by atoms with E-state index in [1.807, 2.05) is 6.07 Å². The smallest absolute Gasteiger partial charge is 0.319 e. The highest BCUT2D eigenvalue weighted by atomic mass is 16.4. The first kappa shape index (κ1) is 16.5. The molecule has 0 unspecified atom stereocenters. The Labute approximate surface area is 133 Å². The first-order valence-corrected chi connectivity index (χ1v) is 7.17. The van der Waals surface area contributed by atoms with Gasteiger partial charge in [-0.2, -0.15) is 0 Å². The number of anilines is 1. The van der Waals surface area contributed by atoms with Crippen molar-refractivity contribution < 1.29 is 19.1 Å². The number of carboxylic acid groups (broad SMARTS) is 1. The SMILES string of the molecule is CC(C)(CCC(=O)O)NC(=O)Nc1cccc(-c2ncco2)c1. The first-order valence-electron chi connectivity index (χ1n) is 7.17. The number of amides is 2. The molecule has 0 bridgehead atoms. The summed E-state index contributed by atoms with van der Waals surface area (Å²) in [6.45, 7) is 3.55. The monoisotopic (exact) mass is 317 g/mol. The molecule has 0 radical (unpaired) electrons. The maximum Gasteiger partial charge on any atom is 0.319 e. The van der Waals surface area contributed by atoms with Gasteiger partial charge < -0.3 is 20.2 Å². The fraction of sp³-hybridized carbons (Fsp3) is 0.312. The van der Waals surface area contributed by atoms with Crippen molar-refractivity contribution in [1.82, 2.24) is 10.3 Å². The molecule has 0 saturated heterocycles. The molecule has 0 aliphatic rings. The van der Waals surface area contributed by atoms with E-state index in [1.54, 1.807) is 38.2 Å². The number of hydrogen-bond acceptors (Lipinski definition) is 4. The number of carbonyl (C=O) groups excluding carboxylic acids is 1. The Kier molecular flexibility index (Phi) is 5.00. The predicted molar refractivity (Wildman–Crippen MR) is 85.0 cm³/mol. The van der Waals surface area contributed by atoms with E-state index in [1.165, 1.54) is 6.26 Å². The summed E-state index contributed by atoms with van der Waals surface area (Å²) in [5.74, 6) is -0.422. The van der Waals surface area contributed by atoms with Crippen molar-refractivity contribution in [2.75, 3.05) is 5.32 Å². The third-order valence-electron chi connectivity index (χ3n) is 3.22. The molecule has 2 rings (SSSR count). The number of nitrogens with zero attached hydrogens (tertiary/aromatic N) is 1. The van der Waals surface area contributed by atoms with Gasteiger partial charge in [0.15, 0.2) is 0 Å². The molecule has 7 nitrogen and oxygen atoms in total. The Morgan fingerprint density at radius 2 is 2.13 bits per heavy atom. The minimum Gasteiger partial charge on any atom is -0.481 e. The van der Waals surface area contributed by atoms with Gasteiger partial charge in [-0.05, 0) is 38.5 Å². The minimum absolute atomic E-state index is 0.00702. The number of carboxylic acids is 1. The van der Waals surface area contributed by atoms with Crippen LogP contribution in [0.4, 0.5) is 10.5 Å². The average Bonchev–Trinajstić information content (AvgIpc) is 2.99. The number of oxazole rings is 1. The maximum absolute atomic E-state index is 12.1. The highest BCUT2D eigenvalue weighted by molar-refractivity contribution is 5.90. The van der Waals surface area contributed by atoms with Gasteiger partial charge in [0, 0.05) is 23.2 Å². The molecule has 0 aliphatic carbocycles. The van der Waals surface area contributed by atoms with Crippen LogP contribution in [0, 0.1) is 0 Å². The van der Waals surface area contributed by atoms with Crippen molar-refractivity contribution >= 4 is 17.7 Å². The second-order valence-corrected chi connectivity index (χ2v) is 5.77. The van der Waals surface area contributed by atoms with E-state index < -0.39 is 17.5 Å². The van der Waals surface area contributed by atoms with E-state index in [0.29, 0.717) is 18.0 Å². The normalized spacial score (nSPS) is 11.0. The molecule has 0 aliphatic heterocycles. The average molecular weight is 317 g/mol. The highest BCUT2D eigenvalue weighted by Crippen LogP contribution is 2.21. The van der Waals surface area contributed by atoms with Crippen LogP contribution in [0.1, 0.15) is 26.7 Å². The molecule has 1 heterocycles. The maximum atomic E-state index is 12.1. The Morgan fingerprint density at radius 3 is 2.78 bits per heavy atom. The molecule has 3 N–H and O–H groups in total. The van der Waals surface area contributed by atoms with Crippen LogP contribution in [0.15, 0.2) is 41.1 Å². The summed E-state index contributed by atoms with van der Waals surface area (Å²) in [4.78, 5) is 26.7. The second kappa shape index (κ2) is 6.95. The lowest BCUT2D eigenvalue weighted by molar-refractivity contribution is -0.137. The van der Waals surface area contributed by atoms with Crippen LogP contribution >= 0.6 is 0 Å². The van der Waals surface area contributed by atoms with E-state index in [0.717, 1.165) is 5.56 Å². The summed E-state index contributed by atoms with van der Waals surface area (Å²) >= 11 is 0. The van der Waals surface area contributed by atoms with Gasteiger partial charge in [-0.15, -0.1) is 0 Å². The number of rotatable bonds is 6. The molecule has 7 heteroatoms. The molecule has 23 heavy (non-hydrogen) atoms. The van der Waals surface area contributed by atoms with Crippen molar-refractivity contribution in [3.8, 4) is 11.5 Å². The second-order valence-electron chi connectivity index (χ2n) is 5.77. The first-order chi connectivity index (χ1) is 10.9. The summed E-state index contributed by atoms with van der Waals surface area (Å²) in [5.41, 5.74) is 0.716. The molecule has 122 valence electrons. The molecule has 0 spiro atoms. The molecule has 2 amide bonds. The van der Waals surface area contributed by atoms with Gasteiger partial charge in [0.1, 0.15) is 6.26 Å². The third kappa shape index (κ3) is 5.14. The van der Waals surface area contributed by atoms with Crippen molar-refractivity contribution in [3.05, 3.63) is 36.7 Å². The molecule has 1 aromatic carbocycles. The van der Waals surface area contributed by atoms with Gasteiger partial charge >= 0.3 is 12.0 Å². The predicted octanol–water partition coefficient (Wildman–Crippen LogP) is 3.11. The topological polar surface area (TPSA) is 104 Å². The zero-order valence-corrected chi connectivity index (χ0v) is 13.0. The number of urea groups is 1. The van der Waals surface area contributed by atoms with Gasteiger partial charge in [0.25, 0.3) is 0 Å². The molecular formula is C16H19N3O4. The summed E-state index contributed by atoms with van der Waals surface area (Å²) in [6, 6.07) is 6.70. The fourth-order valence-corrected chi connectivity index (χ4v) is 2.05. The van der Waals surface area contributed by atoms with Crippen LogP contribution in [0.2, 0.25) is 0 Å². The molecule has 2 aromatic rings. The van der Waals surface area contributed by atoms with Crippen LogP contribution in [0.25, 0.3) is 11.5 Å². The lowest BCUT2D eigenvalue weighted by Crippen LogP contribution is -2.45. The van der Waals surface area contributed by atoms with Crippen molar-refractivity contribution in [2.45, 2.75) is 32.2 Å². The van der Waals surface area contributed by atoms with Gasteiger partial charge in [0.2, 0.25) is 5.89 Å². The quantitative estimate of drug-likeness (QED) is 0.759. The number of hydrogen-bond donors (Lipinski definition) is 3. The van der Waals surface area contributed by atoms with Crippen LogP contribution in [-0.2, 0) is 4.79 Å².